The molecule has 5 nitrogen and oxygen atoms in total. The third kappa shape index (κ3) is 3.06. The quantitative estimate of drug-likeness (QED) is 0.784. The first-order valence-corrected chi connectivity index (χ1v) is 7.69. The molecule has 0 aromatic carbocycles. The third-order valence-corrected chi connectivity index (χ3v) is 4.05. The highest BCUT2D eigenvalue weighted by molar-refractivity contribution is 7.16. The number of aryl methyl sites for hydroxylation is 1. The van der Waals surface area contributed by atoms with Crippen molar-refractivity contribution in [3.8, 4) is 0 Å². The third-order valence-electron chi connectivity index (χ3n) is 3.24. The number of fused-ring (bicyclic) bond motifs is 1. The van der Waals surface area contributed by atoms with Gasteiger partial charge in [-0.3, -0.25) is 4.90 Å². The summed E-state index contributed by atoms with van der Waals surface area (Å²) in [5.74, 6) is 3.60. The summed E-state index contributed by atoms with van der Waals surface area (Å²) in [4.78, 5) is 12.4. The SMILES string of the molecule is CNc1nc(CN(C)Cc2ccc(C)o2)nc2sccc12. The Labute approximate surface area is 127 Å². The maximum atomic E-state index is 5.60. The van der Waals surface area contributed by atoms with Gasteiger partial charge in [-0.15, -0.1) is 11.3 Å². The molecule has 0 aliphatic heterocycles. The van der Waals surface area contributed by atoms with Crippen molar-refractivity contribution in [3.05, 3.63) is 40.9 Å². The van der Waals surface area contributed by atoms with Crippen molar-refractivity contribution < 1.29 is 4.42 Å². The summed E-state index contributed by atoms with van der Waals surface area (Å²) < 4.78 is 5.60. The first-order valence-electron chi connectivity index (χ1n) is 6.81. The second kappa shape index (κ2) is 5.83. The zero-order valence-corrected chi connectivity index (χ0v) is 13.2. The number of aromatic nitrogens is 2. The van der Waals surface area contributed by atoms with Crippen LogP contribution in [0.5, 0.6) is 0 Å². The van der Waals surface area contributed by atoms with Crippen LogP contribution in [0.2, 0.25) is 0 Å². The molecule has 0 aliphatic rings. The molecule has 1 N–H and O–H groups in total. The molecule has 0 amide bonds. The van der Waals surface area contributed by atoms with Crippen LogP contribution in [0.25, 0.3) is 10.2 Å². The van der Waals surface area contributed by atoms with E-state index in [4.69, 9.17) is 4.42 Å². The number of furan rings is 1. The standard InChI is InChI=1S/C15H18N4OS/c1-10-4-5-11(20-10)8-19(3)9-13-17-14(16-2)12-6-7-21-15(12)18-13/h4-7H,8-9H2,1-3H3,(H,16,17,18). The fraction of sp³-hybridized carbons (Fsp3) is 0.333. The van der Waals surface area contributed by atoms with Gasteiger partial charge in [-0.05, 0) is 37.6 Å². The number of nitrogens with one attached hydrogen (secondary N) is 1. The molecular formula is C15H18N4OS. The Kier molecular flexibility index (Phi) is 3.90. The minimum Gasteiger partial charge on any atom is -0.465 e. The van der Waals surface area contributed by atoms with Gasteiger partial charge in [0.25, 0.3) is 0 Å². The van der Waals surface area contributed by atoms with E-state index in [9.17, 15) is 0 Å². The fourth-order valence-electron chi connectivity index (χ4n) is 2.29. The molecule has 0 saturated carbocycles. The summed E-state index contributed by atoms with van der Waals surface area (Å²) >= 11 is 1.64. The highest BCUT2D eigenvalue weighted by Gasteiger charge is 2.11. The molecule has 3 aromatic rings. The maximum Gasteiger partial charge on any atom is 0.146 e. The summed E-state index contributed by atoms with van der Waals surface area (Å²) in [6.07, 6.45) is 0. The van der Waals surface area contributed by atoms with Crippen LogP contribution >= 0.6 is 11.3 Å². The lowest BCUT2D eigenvalue weighted by Crippen LogP contribution is -2.19. The van der Waals surface area contributed by atoms with Gasteiger partial charge in [0.15, 0.2) is 0 Å². The van der Waals surface area contributed by atoms with E-state index < -0.39 is 0 Å². The molecule has 0 spiro atoms. The number of anilines is 1. The minimum absolute atomic E-state index is 0.683. The van der Waals surface area contributed by atoms with E-state index in [1.807, 2.05) is 44.6 Å². The van der Waals surface area contributed by atoms with Crippen LogP contribution in [0, 0.1) is 6.92 Å². The number of hydrogen-bond acceptors (Lipinski definition) is 6. The Bertz CT molecular complexity index is 749. The largest absolute Gasteiger partial charge is 0.465 e. The summed E-state index contributed by atoms with van der Waals surface area (Å²) in [6, 6.07) is 6.04. The molecule has 0 saturated heterocycles. The van der Waals surface area contributed by atoms with E-state index in [-0.39, 0.29) is 0 Å². The van der Waals surface area contributed by atoms with Crippen LogP contribution in [-0.2, 0) is 13.1 Å². The van der Waals surface area contributed by atoms with Crippen LogP contribution in [0.3, 0.4) is 0 Å². The Balaban J connectivity index is 1.77. The molecule has 0 radical (unpaired) electrons. The maximum absolute atomic E-state index is 5.60. The van der Waals surface area contributed by atoms with Crippen molar-refractivity contribution in [2.75, 3.05) is 19.4 Å². The second-order valence-corrected chi connectivity index (χ2v) is 5.96. The summed E-state index contributed by atoms with van der Waals surface area (Å²) in [7, 11) is 3.93. The van der Waals surface area contributed by atoms with E-state index in [1.54, 1.807) is 11.3 Å². The average molecular weight is 302 g/mol. The Hall–Kier alpha value is -1.92. The van der Waals surface area contributed by atoms with Crippen LogP contribution in [0.4, 0.5) is 5.82 Å². The smallest absolute Gasteiger partial charge is 0.146 e. The van der Waals surface area contributed by atoms with Crippen LogP contribution < -0.4 is 5.32 Å². The lowest BCUT2D eigenvalue weighted by Gasteiger charge is -2.14. The topological polar surface area (TPSA) is 54.2 Å². The van der Waals surface area contributed by atoms with Crippen molar-refractivity contribution in [2.45, 2.75) is 20.0 Å². The fourth-order valence-corrected chi connectivity index (χ4v) is 3.08. The lowest BCUT2D eigenvalue weighted by molar-refractivity contribution is 0.279. The average Bonchev–Trinajstić information content (AvgIpc) is 3.06. The van der Waals surface area contributed by atoms with Crippen molar-refractivity contribution >= 4 is 27.4 Å². The van der Waals surface area contributed by atoms with Crippen molar-refractivity contribution in [2.24, 2.45) is 0 Å². The molecule has 0 unspecified atom stereocenters. The van der Waals surface area contributed by atoms with Gasteiger partial charge in [-0.1, -0.05) is 0 Å². The predicted octanol–water partition coefficient (Wildman–Crippen LogP) is 3.27. The van der Waals surface area contributed by atoms with E-state index in [0.29, 0.717) is 6.54 Å². The van der Waals surface area contributed by atoms with Gasteiger partial charge < -0.3 is 9.73 Å². The Morgan fingerprint density at radius 3 is 2.81 bits per heavy atom. The number of hydrogen-bond donors (Lipinski definition) is 1. The van der Waals surface area contributed by atoms with Gasteiger partial charge in [0, 0.05) is 7.05 Å². The van der Waals surface area contributed by atoms with Crippen molar-refractivity contribution in [3.63, 3.8) is 0 Å². The van der Waals surface area contributed by atoms with Crippen LogP contribution in [-0.4, -0.2) is 29.0 Å². The summed E-state index contributed by atoms with van der Waals surface area (Å²) in [5, 5.41) is 6.26. The van der Waals surface area contributed by atoms with Gasteiger partial charge in [0.2, 0.25) is 0 Å². The normalized spacial score (nSPS) is 11.4. The molecule has 0 aliphatic carbocycles. The molecule has 21 heavy (non-hydrogen) atoms. The first-order chi connectivity index (χ1) is 10.2. The first kappa shape index (κ1) is 14.0. The van der Waals surface area contributed by atoms with Crippen LogP contribution in [0.1, 0.15) is 17.3 Å². The number of nitrogens with zero attached hydrogens (tertiary/aromatic N) is 3. The number of rotatable bonds is 5. The summed E-state index contributed by atoms with van der Waals surface area (Å²) in [5.41, 5.74) is 0. The molecule has 6 heteroatoms. The molecule has 110 valence electrons. The van der Waals surface area contributed by atoms with Crippen LogP contribution in [0.15, 0.2) is 28.0 Å². The Morgan fingerprint density at radius 2 is 2.10 bits per heavy atom. The molecule has 3 aromatic heterocycles. The molecule has 0 fully saturated rings. The van der Waals surface area contributed by atoms with E-state index >= 15 is 0 Å². The molecule has 0 atom stereocenters. The van der Waals surface area contributed by atoms with Gasteiger partial charge in [0.05, 0.1) is 18.5 Å². The zero-order chi connectivity index (χ0) is 14.8. The van der Waals surface area contributed by atoms with Crippen molar-refractivity contribution in [1.29, 1.82) is 0 Å². The molecule has 0 bridgehead atoms. The van der Waals surface area contributed by atoms with Gasteiger partial charge >= 0.3 is 0 Å². The summed E-state index contributed by atoms with van der Waals surface area (Å²) in [6.45, 7) is 3.38. The monoisotopic (exact) mass is 302 g/mol. The van der Waals surface area contributed by atoms with Gasteiger partial charge in [-0.2, -0.15) is 0 Å². The molecule has 3 rings (SSSR count). The molecular weight excluding hydrogens is 284 g/mol. The van der Waals surface area contributed by atoms with Crippen molar-refractivity contribution in [1.82, 2.24) is 14.9 Å². The highest BCUT2D eigenvalue weighted by atomic mass is 32.1. The Morgan fingerprint density at radius 1 is 1.24 bits per heavy atom. The van der Waals surface area contributed by atoms with E-state index in [2.05, 4.69) is 20.2 Å². The predicted molar refractivity (Wildman–Crippen MR) is 85.6 cm³/mol. The lowest BCUT2D eigenvalue weighted by atomic mass is 10.3. The van der Waals surface area contributed by atoms with E-state index in [1.165, 1.54) is 0 Å². The number of thiophene rings is 1. The highest BCUT2D eigenvalue weighted by Crippen LogP contribution is 2.25. The van der Waals surface area contributed by atoms with Gasteiger partial charge in [-0.25, -0.2) is 9.97 Å². The van der Waals surface area contributed by atoms with Gasteiger partial charge in [0.1, 0.15) is 28.0 Å². The second-order valence-electron chi connectivity index (χ2n) is 5.06. The molecule has 3 heterocycles. The van der Waals surface area contributed by atoms with E-state index in [0.717, 1.165) is 39.9 Å². The zero-order valence-electron chi connectivity index (χ0n) is 12.4. The minimum atomic E-state index is 0.683.